The lowest BCUT2D eigenvalue weighted by Crippen LogP contribution is -2.26. The molecule has 0 radical (unpaired) electrons. The van der Waals surface area contributed by atoms with Gasteiger partial charge in [0.2, 0.25) is 0 Å². The molecule has 0 atom stereocenters. The van der Waals surface area contributed by atoms with Crippen LogP contribution in [-0.2, 0) is 10.1 Å². The van der Waals surface area contributed by atoms with E-state index >= 15 is 0 Å². The van der Waals surface area contributed by atoms with Gasteiger partial charge in [0.05, 0.1) is 0 Å². The first-order valence-corrected chi connectivity index (χ1v) is 6.21. The topological polar surface area (TPSA) is 186 Å². The van der Waals surface area contributed by atoms with E-state index in [1.807, 2.05) is 9.97 Å². The Balaban J connectivity index is 0.000000217. The van der Waals surface area contributed by atoms with Crippen LogP contribution in [0.4, 0.5) is 0 Å². The third-order valence-electron chi connectivity index (χ3n) is 1.75. The maximum Gasteiger partial charge on any atom is 0.325 e. The lowest BCUT2D eigenvalue weighted by Gasteiger charge is -1.91. The van der Waals surface area contributed by atoms with Gasteiger partial charge >= 0.3 is 21.5 Å². The van der Waals surface area contributed by atoms with E-state index in [-0.39, 0.29) is 5.56 Å². The molecule has 2 heterocycles. The van der Waals surface area contributed by atoms with Crippen molar-refractivity contribution in [2.75, 3.05) is 0 Å². The summed E-state index contributed by atoms with van der Waals surface area (Å²) in [7, 11) is -4.56. The molecule has 0 saturated carbocycles. The van der Waals surface area contributed by atoms with Crippen LogP contribution in [-0.4, -0.2) is 32.9 Å². The molecule has 2 rings (SSSR count). The first-order valence-electron chi connectivity index (χ1n) is 4.77. The number of nitrogens with one attached hydrogen (secondary N) is 4. The van der Waals surface area contributed by atoms with Crippen LogP contribution in [0, 0.1) is 0 Å². The van der Waals surface area contributed by atoms with Gasteiger partial charge in [0.25, 0.3) is 11.1 Å². The van der Waals surface area contributed by atoms with Crippen molar-refractivity contribution in [3.63, 3.8) is 0 Å². The summed E-state index contributed by atoms with van der Waals surface area (Å²) < 4.78 is 29.1. The van der Waals surface area contributed by atoms with Crippen molar-refractivity contribution < 1.29 is 13.0 Å². The fourth-order valence-electron chi connectivity index (χ4n) is 0.972. The fourth-order valence-corrected chi connectivity index (χ4v) is 1.46. The largest absolute Gasteiger partial charge is 0.325 e. The van der Waals surface area contributed by atoms with Gasteiger partial charge in [-0.25, -0.2) is 9.59 Å². The Bertz CT molecular complexity index is 891. The van der Waals surface area contributed by atoms with E-state index in [0.717, 1.165) is 0 Å². The predicted octanol–water partition coefficient (Wildman–Crippen LogP) is -2.63. The van der Waals surface area contributed by atoms with Crippen LogP contribution in [0.25, 0.3) is 0 Å². The molecule has 0 bridgehead atoms. The molecule has 20 heavy (non-hydrogen) atoms. The van der Waals surface area contributed by atoms with Crippen LogP contribution >= 0.6 is 0 Å². The van der Waals surface area contributed by atoms with Gasteiger partial charge in [0, 0.05) is 18.5 Å². The molecule has 0 amide bonds. The molecule has 0 aliphatic heterocycles. The molecule has 108 valence electrons. The van der Waals surface area contributed by atoms with Crippen LogP contribution in [0.3, 0.4) is 0 Å². The second-order valence-corrected chi connectivity index (χ2v) is 4.60. The minimum absolute atomic E-state index is 0.381. The minimum Gasteiger partial charge on any atom is -0.314 e. The predicted molar refractivity (Wildman–Crippen MR) is 65.2 cm³/mol. The van der Waals surface area contributed by atoms with Crippen molar-refractivity contribution in [3.05, 3.63) is 60.1 Å². The van der Waals surface area contributed by atoms with Gasteiger partial charge < -0.3 is 9.97 Å². The molecule has 2 aromatic rings. The number of aromatic amines is 4. The molecule has 5 N–H and O–H groups in total. The van der Waals surface area contributed by atoms with E-state index in [4.69, 9.17) is 4.55 Å². The lowest BCUT2D eigenvalue weighted by atomic mass is 10.7. The van der Waals surface area contributed by atoms with Gasteiger partial charge in [-0.15, -0.1) is 0 Å². The number of rotatable bonds is 1. The van der Waals surface area contributed by atoms with Gasteiger partial charge in [-0.2, -0.15) is 8.42 Å². The van der Waals surface area contributed by atoms with Crippen molar-refractivity contribution in [1.82, 2.24) is 19.9 Å². The summed E-state index contributed by atoms with van der Waals surface area (Å²) in [6.45, 7) is 0. The van der Waals surface area contributed by atoms with Gasteiger partial charge in [0.1, 0.15) is 0 Å². The zero-order valence-corrected chi connectivity index (χ0v) is 10.4. The van der Waals surface area contributed by atoms with E-state index in [1.165, 1.54) is 12.3 Å². The summed E-state index contributed by atoms with van der Waals surface area (Å²) in [5, 5.41) is 0. The fraction of sp³-hybridized carbons (Fsp3) is 0. The van der Waals surface area contributed by atoms with Crippen LogP contribution in [0.1, 0.15) is 0 Å². The number of H-pyrrole nitrogens is 4. The normalized spacial score (nSPS) is 10.4. The van der Waals surface area contributed by atoms with Crippen molar-refractivity contribution in [3.8, 4) is 0 Å². The Morgan fingerprint density at radius 1 is 0.950 bits per heavy atom. The Kier molecular flexibility index (Phi) is 4.55. The molecule has 0 fully saturated rings. The summed E-state index contributed by atoms with van der Waals surface area (Å²) in [6.07, 6.45) is 1.91. The van der Waals surface area contributed by atoms with E-state index in [0.29, 0.717) is 6.20 Å². The molecule has 11 nitrogen and oxygen atoms in total. The zero-order valence-electron chi connectivity index (χ0n) is 9.54. The molecule has 0 unspecified atom stereocenters. The monoisotopic (exact) mass is 304 g/mol. The van der Waals surface area contributed by atoms with Crippen molar-refractivity contribution in [2.24, 2.45) is 0 Å². The van der Waals surface area contributed by atoms with Crippen LogP contribution in [0.15, 0.2) is 42.5 Å². The molecule has 0 aliphatic carbocycles. The number of hydrogen-bond acceptors (Lipinski definition) is 6. The first-order chi connectivity index (χ1) is 9.20. The summed E-state index contributed by atoms with van der Waals surface area (Å²) in [5.41, 5.74) is -2.85. The summed E-state index contributed by atoms with van der Waals surface area (Å²) in [4.78, 5) is 48.4. The summed E-state index contributed by atoms with van der Waals surface area (Å²) >= 11 is 0. The second-order valence-electron chi connectivity index (χ2n) is 3.21. The number of aromatic nitrogens is 4. The van der Waals surface area contributed by atoms with Crippen LogP contribution in [0.5, 0.6) is 0 Å². The van der Waals surface area contributed by atoms with Crippen molar-refractivity contribution >= 4 is 10.1 Å². The quantitative estimate of drug-likeness (QED) is 0.356. The summed E-state index contributed by atoms with van der Waals surface area (Å²) in [6, 6.07) is 1.24. The van der Waals surface area contributed by atoms with Crippen LogP contribution in [0.2, 0.25) is 0 Å². The minimum atomic E-state index is -4.56. The molecule has 0 aliphatic rings. The van der Waals surface area contributed by atoms with Gasteiger partial charge in [0.15, 0.2) is 4.90 Å². The van der Waals surface area contributed by atoms with E-state index in [1.54, 1.807) is 4.98 Å². The highest BCUT2D eigenvalue weighted by Gasteiger charge is 2.14. The molecular weight excluding hydrogens is 296 g/mol. The van der Waals surface area contributed by atoms with E-state index < -0.39 is 32.0 Å². The van der Waals surface area contributed by atoms with E-state index in [2.05, 4.69) is 4.98 Å². The molecule has 2 aromatic heterocycles. The lowest BCUT2D eigenvalue weighted by molar-refractivity contribution is 0.481. The molecule has 12 heteroatoms. The van der Waals surface area contributed by atoms with Crippen LogP contribution < -0.4 is 22.5 Å². The Morgan fingerprint density at radius 2 is 1.55 bits per heavy atom. The maximum atomic E-state index is 10.7. The van der Waals surface area contributed by atoms with Gasteiger partial charge in [-0.05, 0) is 0 Å². The van der Waals surface area contributed by atoms with E-state index in [9.17, 15) is 27.6 Å². The molecule has 0 aromatic carbocycles. The highest BCUT2D eigenvalue weighted by atomic mass is 32.2. The molecular formula is C8H8N4O7S. The Labute approximate surface area is 109 Å². The Hall–Kier alpha value is -2.73. The third kappa shape index (κ3) is 4.51. The highest BCUT2D eigenvalue weighted by molar-refractivity contribution is 7.85. The van der Waals surface area contributed by atoms with Crippen molar-refractivity contribution in [1.29, 1.82) is 0 Å². The second kappa shape index (κ2) is 5.94. The SMILES string of the molecule is O=c1[nH]cc(S(=O)(=O)O)c(=O)[nH]1.O=c1cc[nH]c(=O)[nH]1. The molecule has 0 spiro atoms. The average Bonchev–Trinajstić information content (AvgIpc) is 2.27. The van der Waals surface area contributed by atoms with Gasteiger partial charge in [-0.3, -0.25) is 24.1 Å². The summed E-state index contributed by atoms with van der Waals surface area (Å²) in [5.74, 6) is 0. The first kappa shape index (κ1) is 15.3. The standard InChI is InChI=1S/C4H4N2O5S.C4H4N2O2/c7-3-2(12(9,10)11)1-5-4(8)6-3;7-3-1-2-5-4(8)6-3/h1H,(H,9,10,11)(H2,5,6,7,8);1-2H,(H2,5,6,7,8). The van der Waals surface area contributed by atoms with Gasteiger partial charge in [-0.1, -0.05) is 0 Å². The Morgan fingerprint density at radius 3 is 1.95 bits per heavy atom. The smallest absolute Gasteiger partial charge is 0.314 e. The number of hydrogen-bond donors (Lipinski definition) is 5. The average molecular weight is 304 g/mol. The van der Waals surface area contributed by atoms with Crippen molar-refractivity contribution in [2.45, 2.75) is 4.90 Å². The maximum absolute atomic E-state index is 10.7. The molecule has 0 saturated heterocycles. The zero-order chi connectivity index (χ0) is 15.3. The third-order valence-corrected chi connectivity index (χ3v) is 2.61. The highest BCUT2D eigenvalue weighted by Crippen LogP contribution is 1.94.